The molecule has 0 spiro atoms. The standard InChI is InChI=1S/C35H45NO4/c1-22-19-31-35(3,18-16-32(37)36(31)21-24-9-12-26(39-5)20-30(24)40-6)29-15-17-34(2)27(13-14-28(34)33(22)29)23-7-10-25(38-4)11-8-23/h7-13,20,22,28-29,31,33H,14-19,21H2,1-6H3/t22?,28?,29?,31?,33?,34-,35-/m1/s1. The molecule has 6 rings (SSSR count). The highest BCUT2D eigenvalue weighted by Gasteiger charge is 2.62. The van der Waals surface area contributed by atoms with Gasteiger partial charge in [-0.15, -0.1) is 0 Å². The molecule has 1 saturated heterocycles. The third-order valence-corrected chi connectivity index (χ3v) is 11.6. The van der Waals surface area contributed by atoms with Gasteiger partial charge in [0.05, 0.1) is 21.3 Å². The fourth-order valence-corrected chi connectivity index (χ4v) is 9.47. The normalized spacial score (nSPS) is 34.9. The molecule has 0 aromatic heterocycles. The maximum Gasteiger partial charge on any atom is 0.223 e. The Balaban J connectivity index is 1.28. The summed E-state index contributed by atoms with van der Waals surface area (Å²) in [7, 11) is 5.10. The van der Waals surface area contributed by atoms with E-state index in [-0.39, 0.29) is 22.8 Å². The third-order valence-electron chi connectivity index (χ3n) is 11.6. The van der Waals surface area contributed by atoms with Crippen LogP contribution in [-0.2, 0) is 11.3 Å². The summed E-state index contributed by atoms with van der Waals surface area (Å²) >= 11 is 0. The largest absolute Gasteiger partial charge is 0.497 e. The Morgan fingerprint density at radius 1 is 0.925 bits per heavy atom. The summed E-state index contributed by atoms with van der Waals surface area (Å²) in [5, 5.41) is 0. The van der Waals surface area contributed by atoms with Crippen LogP contribution in [0.1, 0.15) is 70.4 Å². The van der Waals surface area contributed by atoms with Crippen molar-refractivity contribution >= 4 is 11.5 Å². The van der Waals surface area contributed by atoms with Crippen molar-refractivity contribution < 1.29 is 19.0 Å². The van der Waals surface area contributed by atoms with E-state index in [1.54, 1.807) is 21.3 Å². The SMILES string of the molecule is COc1ccc(C2=CCC3C4C(C)CC5N(Cc6ccc(OC)cc6OC)C(=O)CC[C@]5(C)C4CC[C@]23C)cc1. The number of hydrogen-bond acceptors (Lipinski definition) is 4. The summed E-state index contributed by atoms with van der Waals surface area (Å²) < 4.78 is 16.6. The first-order valence-electron chi connectivity index (χ1n) is 15.1. The number of carbonyl (C=O) groups excluding carboxylic acids is 1. The molecule has 40 heavy (non-hydrogen) atoms. The molecule has 3 fully saturated rings. The molecular formula is C35H45NO4. The van der Waals surface area contributed by atoms with E-state index < -0.39 is 0 Å². The molecule has 0 bridgehead atoms. The van der Waals surface area contributed by atoms with Gasteiger partial charge in [0.2, 0.25) is 5.91 Å². The van der Waals surface area contributed by atoms with Crippen LogP contribution in [0.5, 0.6) is 17.2 Å². The summed E-state index contributed by atoms with van der Waals surface area (Å²) in [5.74, 6) is 5.30. The molecular weight excluding hydrogens is 498 g/mol. The summed E-state index contributed by atoms with van der Waals surface area (Å²) in [6.45, 7) is 8.12. The van der Waals surface area contributed by atoms with E-state index in [1.165, 1.54) is 24.0 Å². The van der Waals surface area contributed by atoms with E-state index in [2.05, 4.69) is 62.1 Å². The van der Waals surface area contributed by atoms with Gasteiger partial charge < -0.3 is 19.1 Å². The van der Waals surface area contributed by atoms with Crippen molar-refractivity contribution in [2.75, 3.05) is 21.3 Å². The number of allylic oxidation sites excluding steroid dienone is 2. The molecule has 3 aliphatic carbocycles. The molecule has 1 aliphatic heterocycles. The first kappa shape index (κ1) is 27.2. The first-order chi connectivity index (χ1) is 19.2. The van der Waals surface area contributed by atoms with E-state index in [1.807, 2.05) is 12.1 Å². The topological polar surface area (TPSA) is 48.0 Å². The molecule has 0 radical (unpaired) electrons. The van der Waals surface area contributed by atoms with E-state index in [9.17, 15) is 4.79 Å². The van der Waals surface area contributed by atoms with Gasteiger partial charge in [-0.25, -0.2) is 0 Å². The lowest BCUT2D eigenvalue weighted by atomic mass is 9.44. The number of fused-ring (bicyclic) bond motifs is 5. The minimum absolute atomic E-state index is 0.134. The van der Waals surface area contributed by atoms with Gasteiger partial charge in [-0.2, -0.15) is 0 Å². The van der Waals surface area contributed by atoms with Crippen LogP contribution in [0.2, 0.25) is 0 Å². The molecule has 2 aromatic rings. The fourth-order valence-electron chi connectivity index (χ4n) is 9.47. The molecule has 2 saturated carbocycles. The average Bonchev–Trinajstić information content (AvgIpc) is 3.33. The zero-order chi connectivity index (χ0) is 28.2. The van der Waals surface area contributed by atoms with Crippen LogP contribution in [0.4, 0.5) is 0 Å². The van der Waals surface area contributed by atoms with Gasteiger partial charge in [-0.1, -0.05) is 39.0 Å². The highest BCUT2D eigenvalue weighted by molar-refractivity contribution is 5.78. The average molecular weight is 544 g/mol. The highest BCUT2D eigenvalue weighted by Crippen LogP contribution is 2.67. The summed E-state index contributed by atoms with van der Waals surface area (Å²) in [4.78, 5) is 15.7. The number of methoxy groups -OCH3 is 3. The van der Waals surface area contributed by atoms with Crippen LogP contribution >= 0.6 is 0 Å². The number of rotatable bonds is 6. The van der Waals surface area contributed by atoms with E-state index in [0.29, 0.717) is 36.6 Å². The van der Waals surface area contributed by atoms with Crippen molar-refractivity contribution in [1.82, 2.24) is 4.90 Å². The Bertz CT molecular complexity index is 1300. The fraction of sp³-hybridized carbons (Fsp3) is 0.571. The number of hydrogen-bond donors (Lipinski definition) is 0. The van der Waals surface area contributed by atoms with Crippen molar-refractivity contribution in [3.8, 4) is 17.2 Å². The predicted octanol–water partition coefficient (Wildman–Crippen LogP) is 7.39. The number of benzene rings is 2. The second-order valence-electron chi connectivity index (χ2n) is 13.3. The number of ether oxygens (including phenoxy) is 3. The van der Waals surface area contributed by atoms with Crippen molar-refractivity contribution in [1.29, 1.82) is 0 Å². The molecule has 5 nitrogen and oxygen atoms in total. The van der Waals surface area contributed by atoms with Crippen molar-refractivity contribution in [2.24, 2.45) is 34.5 Å². The second kappa shape index (κ2) is 10.2. The lowest BCUT2D eigenvalue weighted by Gasteiger charge is -2.64. The Labute approximate surface area is 239 Å². The molecule has 2 aromatic carbocycles. The van der Waals surface area contributed by atoms with Gasteiger partial charge in [-0.3, -0.25) is 4.79 Å². The minimum Gasteiger partial charge on any atom is -0.497 e. The number of piperidine rings is 1. The van der Waals surface area contributed by atoms with Gasteiger partial charge in [0.15, 0.2) is 0 Å². The van der Waals surface area contributed by atoms with E-state index >= 15 is 0 Å². The van der Waals surface area contributed by atoms with Gasteiger partial charge >= 0.3 is 0 Å². The quantitative estimate of drug-likeness (QED) is 0.381. The molecule has 1 amide bonds. The number of nitrogens with zero attached hydrogens (tertiary/aromatic N) is 1. The Kier molecular flexibility index (Phi) is 6.91. The van der Waals surface area contributed by atoms with Crippen LogP contribution in [-0.4, -0.2) is 38.2 Å². The molecule has 0 N–H and O–H groups in total. The molecule has 7 atom stereocenters. The molecule has 5 unspecified atom stereocenters. The lowest BCUT2D eigenvalue weighted by Crippen LogP contribution is -2.63. The van der Waals surface area contributed by atoms with E-state index in [0.717, 1.165) is 42.1 Å². The summed E-state index contributed by atoms with van der Waals surface area (Å²) in [6.07, 6.45) is 8.87. The van der Waals surface area contributed by atoms with Gasteiger partial charge in [0.1, 0.15) is 17.2 Å². The maximum atomic E-state index is 13.5. The summed E-state index contributed by atoms with van der Waals surface area (Å²) in [5.41, 5.74) is 4.27. The Hall–Kier alpha value is -2.95. The first-order valence-corrected chi connectivity index (χ1v) is 15.1. The monoisotopic (exact) mass is 543 g/mol. The highest BCUT2D eigenvalue weighted by atomic mass is 16.5. The zero-order valence-corrected chi connectivity index (χ0v) is 25.0. The van der Waals surface area contributed by atoms with Crippen LogP contribution in [0.3, 0.4) is 0 Å². The third kappa shape index (κ3) is 4.14. The number of carbonyl (C=O) groups is 1. The Morgan fingerprint density at radius 3 is 2.35 bits per heavy atom. The smallest absolute Gasteiger partial charge is 0.223 e. The number of likely N-dealkylation sites (tertiary alicyclic amines) is 1. The van der Waals surface area contributed by atoms with Gasteiger partial charge in [0, 0.05) is 30.6 Å². The zero-order valence-electron chi connectivity index (χ0n) is 25.0. The predicted molar refractivity (Wildman–Crippen MR) is 158 cm³/mol. The van der Waals surface area contributed by atoms with E-state index in [4.69, 9.17) is 14.2 Å². The minimum atomic E-state index is 0.134. The van der Waals surface area contributed by atoms with Crippen LogP contribution in [0, 0.1) is 34.5 Å². The second-order valence-corrected chi connectivity index (χ2v) is 13.3. The van der Waals surface area contributed by atoms with Crippen molar-refractivity contribution in [3.63, 3.8) is 0 Å². The molecule has 4 aliphatic rings. The van der Waals surface area contributed by atoms with Gasteiger partial charge in [0.25, 0.3) is 0 Å². The van der Waals surface area contributed by atoms with Crippen LogP contribution in [0.15, 0.2) is 48.5 Å². The maximum absolute atomic E-state index is 13.5. The van der Waals surface area contributed by atoms with Crippen LogP contribution in [0.25, 0.3) is 5.57 Å². The molecule has 214 valence electrons. The lowest BCUT2D eigenvalue weighted by molar-refractivity contribution is -0.167. The summed E-state index contributed by atoms with van der Waals surface area (Å²) in [6, 6.07) is 14.9. The molecule has 5 heteroatoms. The van der Waals surface area contributed by atoms with Gasteiger partial charge in [-0.05, 0) is 102 Å². The van der Waals surface area contributed by atoms with Crippen molar-refractivity contribution in [2.45, 2.75) is 71.9 Å². The molecule has 1 heterocycles. The van der Waals surface area contributed by atoms with Crippen molar-refractivity contribution in [3.05, 3.63) is 59.7 Å². The van der Waals surface area contributed by atoms with Crippen LogP contribution < -0.4 is 14.2 Å². The Morgan fingerprint density at radius 2 is 1.65 bits per heavy atom. The number of amides is 1.